The van der Waals surface area contributed by atoms with Crippen LogP contribution in [-0.4, -0.2) is 42.6 Å². The van der Waals surface area contributed by atoms with E-state index in [0.717, 1.165) is 11.1 Å². The highest BCUT2D eigenvalue weighted by atomic mass is 16.5. The molecule has 0 heterocycles. The summed E-state index contributed by atoms with van der Waals surface area (Å²) in [5, 5.41) is 9.14. The van der Waals surface area contributed by atoms with Crippen molar-refractivity contribution < 1.29 is 24.2 Å². The fourth-order valence-electron chi connectivity index (χ4n) is 2.46. The highest BCUT2D eigenvalue weighted by Gasteiger charge is 2.18. The van der Waals surface area contributed by atoms with Gasteiger partial charge in [0.2, 0.25) is 5.91 Å². The molecule has 0 aliphatic carbocycles. The topological polar surface area (TPSA) is 76.1 Å². The highest BCUT2D eigenvalue weighted by Crippen LogP contribution is 2.23. The zero-order valence-corrected chi connectivity index (χ0v) is 14.3. The van der Waals surface area contributed by atoms with Crippen LogP contribution < -0.4 is 9.47 Å². The molecule has 2 aromatic carbocycles. The van der Waals surface area contributed by atoms with Gasteiger partial charge in [-0.25, -0.2) is 0 Å². The molecule has 0 fully saturated rings. The minimum absolute atomic E-state index is 0.148. The molecule has 0 saturated heterocycles. The molecule has 0 aliphatic heterocycles. The van der Waals surface area contributed by atoms with Crippen molar-refractivity contribution >= 4 is 11.9 Å². The van der Waals surface area contributed by atoms with E-state index in [-0.39, 0.29) is 25.4 Å². The second kappa shape index (κ2) is 8.73. The molecule has 0 atom stereocenters. The predicted molar refractivity (Wildman–Crippen MR) is 92.7 cm³/mol. The van der Waals surface area contributed by atoms with Crippen molar-refractivity contribution in [2.24, 2.45) is 0 Å². The molecule has 0 unspecified atom stereocenters. The summed E-state index contributed by atoms with van der Waals surface area (Å²) < 4.78 is 10.4. The lowest BCUT2D eigenvalue weighted by Crippen LogP contribution is -2.36. The van der Waals surface area contributed by atoms with Crippen molar-refractivity contribution in [1.82, 2.24) is 4.90 Å². The summed E-state index contributed by atoms with van der Waals surface area (Å²) in [5.41, 5.74) is 1.57. The summed E-state index contributed by atoms with van der Waals surface area (Å²) in [6.07, 6.45) is 0.148. The van der Waals surface area contributed by atoms with E-state index in [4.69, 9.17) is 14.6 Å². The second-order valence-electron chi connectivity index (χ2n) is 5.53. The van der Waals surface area contributed by atoms with Gasteiger partial charge in [-0.05, 0) is 23.3 Å². The Morgan fingerprint density at radius 1 is 0.960 bits per heavy atom. The van der Waals surface area contributed by atoms with Gasteiger partial charge >= 0.3 is 5.97 Å². The molecule has 0 aromatic heterocycles. The summed E-state index contributed by atoms with van der Waals surface area (Å²) in [6.45, 7) is -0.212. The first-order valence-corrected chi connectivity index (χ1v) is 7.77. The van der Waals surface area contributed by atoms with Crippen LogP contribution in [0.25, 0.3) is 0 Å². The van der Waals surface area contributed by atoms with Crippen LogP contribution in [0.2, 0.25) is 0 Å². The Bertz CT molecular complexity index is 708. The number of amides is 1. The summed E-state index contributed by atoms with van der Waals surface area (Å²) in [6, 6.07) is 14.5. The lowest BCUT2D eigenvalue weighted by Gasteiger charge is -2.21. The minimum atomic E-state index is -1.06. The molecule has 1 N–H and O–H groups in total. The first kappa shape index (κ1) is 18.3. The van der Waals surface area contributed by atoms with Crippen LogP contribution in [0, 0.1) is 0 Å². The van der Waals surface area contributed by atoms with E-state index in [2.05, 4.69) is 0 Å². The zero-order valence-electron chi connectivity index (χ0n) is 14.3. The lowest BCUT2D eigenvalue weighted by atomic mass is 10.1. The number of aliphatic carboxylic acids is 1. The SMILES string of the molecule is COc1cc(CN(CC(=O)O)C(=O)Cc2ccccc2)cc(OC)c1. The van der Waals surface area contributed by atoms with Crippen molar-refractivity contribution in [3.05, 3.63) is 59.7 Å². The molecular formula is C19H21NO5. The van der Waals surface area contributed by atoms with Crippen molar-refractivity contribution in [1.29, 1.82) is 0 Å². The average Bonchev–Trinajstić information content (AvgIpc) is 2.61. The summed E-state index contributed by atoms with van der Waals surface area (Å²) in [7, 11) is 3.07. The quantitative estimate of drug-likeness (QED) is 0.796. The molecule has 2 aromatic rings. The number of hydrogen-bond donors (Lipinski definition) is 1. The normalized spacial score (nSPS) is 10.2. The van der Waals surface area contributed by atoms with Gasteiger partial charge in [-0.15, -0.1) is 0 Å². The van der Waals surface area contributed by atoms with E-state index in [0.29, 0.717) is 11.5 Å². The largest absolute Gasteiger partial charge is 0.497 e. The number of rotatable bonds is 8. The van der Waals surface area contributed by atoms with E-state index in [1.807, 2.05) is 30.3 Å². The Morgan fingerprint density at radius 2 is 1.56 bits per heavy atom. The van der Waals surface area contributed by atoms with Crippen molar-refractivity contribution in [3.63, 3.8) is 0 Å². The maximum absolute atomic E-state index is 12.6. The lowest BCUT2D eigenvalue weighted by molar-refractivity contribution is -0.144. The van der Waals surface area contributed by atoms with Crippen LogP contribution >= 0.6 is 0 Å². The minimum Gasteiger partial charge on any atom is -0.497 e. The molecule has 6 heteroatoms. The fourth-order valence-corrected chi connectivity index (χ4v) is 2.46. The molecular weight excluding hydrogens is 322 g/mol. The second-order valence-corrected chi connectivity index (χ2v) is 5.53. The standard InChI is InChI=1S/C19H21NO5/c1-24-16-8-15(9-17(11-16)25-2)12-20(13-19(22)23)18(21)10-14-6-4-3-5-7-14/h3-9,11H,10,12-13H2,1-2H3,(H,22,23). The van der Waals surface area contributed by atoms with Crippen molar-refractivity contribution in [3.8, 4) is 11.5 Å². The van der Waals surface area contributed by atoms with E-state index in [1.54, 1.807) is 18.2 Å². The van der Waals surface area contributed by atoms with Gasteiger partial charge in [0.15, 0.2) is 0 Å². The van der Waals surface area contributed by atoms with Gasteiger partial charge in [0, 0.05) is 12.6 Å². The van der Waals surface area contributed by atoms with Crippen LogP contribution in [-0.2, 0) is 22.6 Å². The monoisotopic (exact) mass is 343 g/mol. The molecule has 25 heavy (non-hydrogen) atoms. The molecule has 0 spiro atoms. The van der Waals surface area contributed by atoms with Crippen LogP contribution in [0.4, 0.5) is 0 Å². The van der Waals surface area contributed by atoms with E-state index in [1.165, 1.54) is 19.1 Å². The molecule has 0 radical (unpaired) electrons. The van der Waals surface area contributed by atoms with E-state index in [9.17, 15) is 9.59 Å². The first-order valence-electron chi connectivity index (χ1n) is 7.77. The van der Waals surface area contributed by atoms with Crippen LogP contribution in [0.3, 0.4) is 0 Å². The first-order chi connectivity index (χ1) is 12.0. The molecule has 0 aliphatic rings. The van der Waals surface area contributed by atoms with E-state index >= 15 is 0 Å². The molecule has 0 bridgehead atoms. The number of methoxy groups -OCH3 is 2. The Kier molecular flexibility index (Phi) is 6.39. The molecule has 6 nitrogen and oxygen atoms in total. The number of hydrogen-bond acceptors (Lipinski definition) is 4. The van der Waals surface area contributed by atoms with Gasteiger partial charge in [0.05, 0.1) is 20.6 Å². The molecule has 1 amide bonds. The third-order valence-electron chi connectivity index (χ3n) is 3.66. The van der Waals surface area contributed by atoms with Crippen molar-refractivity contribution in [2.75, 3.05) is 20.8 Å². The van der Waals surface area contributed by atoms with Gasteiger partial charge in [-0.1, -0.05) is 30.3 Å². The fraction of sp³-hybridized carbons (Fsp3) is 0.263. The number of carbonyl (C=O) groups excluding carboxylic acids is 1. The molecule has 2 rings (SSSR count). The molecule has 132 valence electrons. The molecule has 0 saturated carbocycles. The number of benzene rings is 2. The van der Waals surface area contributed by atoms with Crippen molar-refractivity contribution in [2.45, 2.75) is 13.0 Å². The number of nitrogens with zero attached hydrogens (tertiary/aromatic N) is 1. The maximum Gasteiger partial charge on any atom is 0.323 e. The number of ether oxygens (including phenoxy) is 2. The van der Waals surface area contributed by atoms with Gasteiger partial charge < -0.3 is 19.5 Å². The van der Waals surface area contributed by atoms with Gasteiger partial charge in [0.25, 0.3) is 0 Å². The summed E-state index contributed by atoms with van der Waals surface area (Å²) in [4.78, 5) is 25.0. The van der Waals surface area contributed by atoms with Crippen LogP contribution in [0.1, 0.15) is 11.1 Å². The van der Waals surface area contributed by atoms with Gasteiger partial charge in [-0.2, -0.15) is 0 Å². The number of carboxylic acids is 1. The van der Waals surface area contributed by atoms with Crippen LogP contribution in [0.15, 0.2) is 48.5 Å². The summed E-state index contributed by atoms with van der Waals surface area (Å²) >= 11 is 0. The smallest absolute Gasteiger partial charge is 0.323 e. The van der Waals surface area contributed by atoms with E-state index < -0.39 is 5.97 Å². The Morgan fingerprint density at radius 3 is 2.08 bits per heavy atom. The van der Waals surface area contributed by atoms with Crippen LogP contribution in [0.5, 0.6) is 11.5 Å². The third kappa shape index (κ3) is 5.53. The number of carbonyl (C=O) groups is 2. The van der Waals surface area contributed by atoms with Gasteiger partial charge in [-0.3, -0.25) is 9.59 Å². The average molecular weight is 343 g/mol. The number of carboxylic acid groups (broad SMARTS) is 1. The maximum atomic E-state index is 12.6. The predicted octanol–water partition coefficient (Wildman–Crippen LogP) is 2.36. The zero-order chi connectivity index (χ0) is 18.2. The Labute approximate surface area is 146 Å². The Hall–Kier alpha value is -3.02. The van der Waals surface area contributed by atoms with Gasteiger partial charge in [0.1, 0.15) is 18.0 Å². The summed E-state index contributed by atoms with van der Waals surface area (Å²) in [5.74, 6) is -0.146. The highest BCUT2D eigenvalue weighted by molar-refractivity contribution is 5.83. The Balaban J connectivity index is 2.19. The third-order valence-corrected chi connectivity index (χ3v) is 3.66.